The summed E-state index contributed by atoms with van der Waals surface area (Å²) in [6.07, 6.45) is 15.5. The lowest BCUT2D eigenvalue weighted by molar-refractivity contribution is 0.239. The fraction of sp³-hybridized carbons (Fsp3) is 0.947. The van der Waals surface area contributed by atoms with Gasteiger partial charge in [-0.25, -0.2) is 4.79 Å². The van der Waals surface area contributed by atoms with Crippen LogP contribution < -0.4 is 26.6 Å². The predicted octanol–water partition coefficient (Wildman–Crippen LogP) is 2.66. The molecule has 6 heteroatoms. The second-order valence-electron chi connectivity index (χ2n) is 7.03. The van der Waals surface area contributed by atoms with Crippen LogP contribution in [-0.4, -0.2) is 45.5 Å². The highest BCUT2D eigenvalue weighted by atomic mass is 16.2. The molecule has 1 rings (SSSR count). The number of hydrogen-bond acceptors (Lipinski definition) is 4. The van der Waals surface area contributed by atoms with E-state index in [4.69, 9.17) is 0 Å². The Labute approximate surface area is 154 Å². The SMILES string of the molecule is O=C1NCNCCCCCCCCNCCCCCCCCNCN1. The normalized spacial score (nSPS) is 23.0. The first-order chi connectivity index (χ1) is 12.4. The van der Waals surface area contributed by atoms with Crippen LogP contribution in [0, 0.1) is 0 Å². The van der Waals surface area contributed by atoms with Crippen LogP contribution in [0.4, 0.5) is 4.79 Å². The molecule has 1 aliphatic rings. The summed E-state index contributed by atoms with van der Waals surface area (Å²) < 4.78 is 0. The summed E-state index contributed by atoms with van der Waals surface area (Å²) in [5.41, 5.74) is 0. The van der Waals surface area contributed by atoms with Gasteiger partial charge in [0.1, 0.15) is 0 Å². The number of carbonyl (C=O) groups excluding carboxylic acids is 1. The van der Waals surface area contributed by atoms with Crippen LogP contribution in [0.25, 0.3) is 0 Å². The van der Waals surface area contributed by atoms with Gasteiger partial charge in [0.2, 0.25) is 0 Å². The molecule has 0 saturated carbocycles. The van der Waals surface area contributed by atoms with Gasteiger partial charge in [0, 0.05) is 0 Å². The third-order valence-electron chi connectivity index (χ3n) is 4.66. The van der Waals surface area contributed by atoms with Crippen molar-refractivity contribution in [3.8, 4) is 0 Å². The summed E-state index contributed by atoms with van der Waals surface area (Å²) >= 11 is 0. The molecule has 0 unspecified atom stereocenters. The monoisotopic (exact) mass is 355 g/mol. The summed E-state index contributed by atoms with van der Waals surface area (Å²) in [6.45, 7) is 5.39. The Bertz CT molecular complexity index is 276. The van der Waals surface area contributed by atoms with Gasteiger partial charge in [-0.1, -0.05) is 51.4 Å². The number of hydrogen-bond donors (Lipinski definition) is 5. The van der Waals surface area contributed by atoms with Crippen LogP contribution in [0.5, 0.6) is 0 Å². The predicted molar refractivity (Wildman–Crippen MR) is 106 cm³/mol. The van der Waals surface area contributed by atoms with Crippen molar-refractivity contribution < 1.29 is 4.79 Å². The molecule has 1 fully saturated rings. The number of carbonyl (C=O) groups is 1. The smallest absolute Gasteiger partial charge is 0.316 e. The van der Waals surface area contributed by atoms with E-state index < -0.39 is 0 Å². The molecule has 1 saturated heterocycles. The summed E-state index contributed by atoms with van der Waals surface area (Å²) in [7, 11) is 0. The van der Waals surface area contributed by atoms with Crippen molar-refractivity contribution in [2.45, 2.75) is 77.0 Å². The molecule has 148 valence electrons. The Kier molecular flexibility index (Phi) is 15.9. The van der Waals surface area contributed by atoms with Crippen molar-refractivity contribution in [3.05, 3.63) is 0 Å². The highest BCUT2D eigenvalue weighted by molar-refractivity contribution is 5.73. The van der Waals surface area contributed by atoms with Gasteiger partial charge in [-0.2, -0.15) is 0 Å². The lowest BCUT2D eigenvalue weighted by Crippen LogP contribution is -2.44. The van der Waals surface area contributed by atoms with E-state index in [1.165, 1.54) is 90.1 Å². The molecule has 6 nitrogen and oxygen atoms in total. The zero-order valence-corrected chi connectivity index (χ0v) is 16.1. The van der Waals surface area contributed by atoms with Crippen molar-refractivity contribution >= 4 is 6.03 Å². The topological polar surface area (TPSA) is 77.2 Å². The highest BCUT2D eigenvalue weighted by Crippen LogP contribution is 2.05. The number of rotatable bonds is 0. The van der Waals surface area contributed by atoms with Gasteiger partial charge >= 0.3 is 6.03 Å². The fourth-order valence-corrected chi connectivity index (χ4v) is 3.06. The first kappa shape index (κ1) is 22.2. The molecule has 0 aromatic heterocycles. The van der Waals surface area contributed by atoms with Gasteiger partial charge in [0.15, 0.2) is 0 Å². The molecule has 0 bridgehead atoms. The standard InChI is InChI=1S/C19H41N5O/c25-19-23-17-21-15-11-7-3-1-5-9-13-20-14-10-6-2-4-8-12-16-22-18-24-19/h20-22H,1-18H2,(H2,23,24,25). The van der Waals surface area contributed by atoms with E-state index in [1.54, 1.807) is 0 Å². The van der Waals surface area contributed by atoms with Gasteiger partial charge in [0.25, 0.3) is 0 Å². The third-order valence-corrected chi connectivity index (χ3v) is 4.66. The summed E-state index contributed by atoms with van der Waals surface area (Å²) in [5, 5.41) is 15.8. The van der Waals surface area contributed by atoms with E-state index in [2.05, 4.69) is 26.6 Å². The Morgan fingerprint density at radius 3 is 1.16 bits per heavy atom. The molecule has 0 aromatic rings. The zero-order valence-electron chi connectivity index (χ0n) is 16.1. The molecule has 0 radical (unpaired) electrons. The van der Waals surface area contributed by atoms with Gasteiger partial charge in [0.05, 0.1) is 13.3 Å². The maximum atomic E-state index is 11.6. The Hall–Kier alpha value is -0.850. The van der Waals surface area contributed by atoms with Crippen LogP contribution in [0.1, 0.15) is 77.0 Å². The molecule has 1 heterocycles. The summed E-state index contributed by atoms with van der Waals surface area (Å²) in [5.74, 6) is 0. The van der Waals surface area contributed by atoms with E-state index >= 15 is 0 Å². The van der Waals surface area contributed by atoms with Gasteiger partial charge in [-0.3, -0.25) is 10.6 Å². The molecule has 0 atom stereocenters. The van der Waals surface area contributed by atoms with E-state index in [0.717, 1.165) is 13.1 Å². The Morgan fingerprint density at radius 2 is 0.760 bits per heavy atom. The van der Waals surface area contributed by atoms with Crippen molar-refractivity contribution in [1.82, 2.24) is 26.6 Å². The lowest BCUT2D eigenvalue weighted by Gasteiger charge is -2.10. The van der Waals surface area contributed by atoms with Crippen LogP contribution in [0.3, 0.4) is 0 Å². The number of nitrogens with one attached hydrogen (secondary N) is 5. The molecule has 0 spiro atoms. The van der Waals surface area contributed by atoms with E-state index in [-0.39, 0.29) is 6.03 Å². The minimum absolute atomic E-state index is 0.108. The first-order valence-corrected chi connectivity index (χ1v) is 10.5. The average molecular weight is 356 g/mol. The van der Waals surface area contributed by atoms with Crippen LogP contribution in [-0.2, 0) is 0 Å². The molecular formula is C19H41N5O. The van der Waals surface area contributed by atoms with Gasteiger partial charge in [-0.05, 0) is 51.9 Å². The maximum absolute atomic E-state index is 11.6. The van der Waals surface area contributed by atoms with Gasteiger partial charge < -0.3 is 16.0 Å². The Balaban J connectivity index is 2.08. The molecule has 25 heavy (non-hydrogen) atoms. The van der Waals surface area contributed by atoms with Crippen molar-refractivity contribution in [1.29, 1.82) is 0 Å². The first-order valence-electron chi connectivity index (χ1n) is 10.5. The van der Waals surface area contributed by atoms with E-state index in [9.17, 15) is 4.79 Å². The zero-order chi connectivity index (χ0) is 17.8. The third kappa shape index (κ3) is 16.4. The minimum atomic E-state index is -0.108. The molecule has 2 amide bonds. The maximum Gasteiger partial charge on any atom is 0.316 e. The molecular weight excluding hydrogens is 314 g/mol. The summed E-state index contributed by atoms with van der Waals surface area (Å²) in [6, 6.07) is -0.108. The number of amides is 2. The summed E-state index contributed by atoms with van der Waals surface area (Å²) in [4.78, 5) is 11.6. The van der Waals surface area contributed by atoms with Crippen molar-refractivity contribution in [2.75, 3.05) is 39.5 Å². The second kappa shape index (κ2) is 18.0. The lowest BCUT2D eigenvalue weighted by atomic mass is 10.1. The second-order valence-corrected chi connectivity index (χ2v) is 7.03. The van der Waals surface area contributed by atoms with E-state index in [0.29, 0.717) is 13.3 Å². The largest absolute Gasteiger partial charge is 0.326 e. The van der Waals surface area contributed by atoms with E-state index in [1.807, 2.05) is 0 Å². The average Bonchev–Trinajstić information content (AvgIpc) is 2.61. The molecule has 1 aliphatic heterocycles. The quantitative estimate of drug-likeness (QED) is 0.463. The molecule has 0 aromatic carbocycles. The van der Waals surface area contributed by atoms with Crippen LogP contribution in [0.15, 0.2) is 0 Å². The van der Waals surface area contributed by atoms with Gasteiger partial charge in [-0.15, -0.1) is 0 Å². The fourth-order valence-electron chi connectivity index (χ4n) is 3.06. The molecule has 5 N–H and O–H groups in total. The Morgan fingerprint density at radius 1 is 0.440 bits per heavy atom. The van der Waals surface area contributed by atoms with Crippen LogP contribution >= 0.6 is 0 Å². The number of urea groups is 1. The van der Waals surface area contributed by atoms with Crippen molar-refractivity contribution in [3.63, 3.8) is 0 Å². The highest BCUT2D eigenvalue weighted by Gasteiger charge is 1.98. The van der Waals surface area contributed by atoms with Crippen LogP contribution in [0.2, 0.25) is 0 Å². The molecule has 0 aliphatic carbocycles. The minimum Gasteiger partial charge on any atom is -0.326 e. The van der Waals surface area contributed by atoms with Crippen molar-refractivity contribution in [2.24, 2.45) is 0 Å².